The van der Waals surface area contributed by atoms with Gasteiger partial charge < -0.3 is 14.6 Å². The molecule has 2 aliphatic rings. The molecule has 0 amide bonds. The van der Waals surface area contributed by atoms with Crippen LogP contribution in [0.5, 0.6) is 0 Å². The van der Waals surface area contributed by atoms with Crippen LogP contribution >= 0.6 is 0 Å². The van der Waals surface area contributed by atoms with Crippen molar-refractivity contribution in [3.05, 3.63) is 95.7 Å². The smallest absolute Gasteiger partial charge is 0.303 e. The van der Waals surface area contributed by atoms with Crippen molar-refractivity contribution in [2.45, 2.75) is 77.0 Å². The van der Waals surface area contributed by atoms with E-state index in [0.717, 1.165) is 30.8 Å². The molecule has 2 aromatic carbocycles. The Morgan fingerprint density at radius 3 is 2.35 bits per heavy atom. The average Bonchev–Trinajstić information content (AvgIpc) is 3.32. The third-order valence-corrected chi connectivity index (χ3v) is 9.62. The Balaban J connectivity index is 1.62. The van der Waals surface area contributed by atoms with Crippen molar-refractivity contribution in [3.8, 4) is 0 Å². The highest BCUT2D eigenvalue weighted by Crippen LogP contribution is 2.50. The van der Waals surface area contributed by atoms with Crippen LogP contribution in [0.1, 0.15) is 77.3 Å². The van der Waals surface area contributed by atoms with Gasteiger partial charge in [-0.2, -0.15) is 4.58 Å². The van der Waals surface area contributed by atoms with E-state index in [0.29, 0.717) is 25.8 Å². The predicted molar refractivity (Wildman–Crippen MR) is 172 cm³/mol. The number of unbranched alkanes of at least 4 members (excludes halogenated alkanes) is 2. The van der Waals surface area contributed by atoms with Crippen LogP contribution in [0.3, 0.4) is 0 Å². The second kappa shape index (κ2) is 13.4. The number of allylic oxidation sites excluding steroid dienone is 6. The van der Waals surface area contributed by atoms with Crippen molar-refractivity contribution in [3.63, 3.8) is 0 Å². The number of carboxylic acids is 1. The molecule has 0 saturated heterocycles. The molecule has 230 valence electrons. The van der Waals surface area contributed by atoms with Gasteiger partial charge in [-0.1, -0.05) is 61.0 Å². The van der Waals surface area contributed by atoms with Crippen molar-refractivity contribution in [2.75, 3.05) is 23.7 Å². The molecule has 1 unspecified atom stereocenters. The highest BCUT2D eigenvalue weighted by Gasteiger charge is 2.44. The van der Waals surface area contributed by atoms with Crippen molar-refractivity contribution in [1.29, 1.82) is 0 Å². The molecule has 43 heavy (non-hydrogen) atoms. The lowest BCUT2D eigenvalue weighted by atomic mass is 9.77. The zero-order valence-electron chi connectivity index (χ0n) is 25.8. The van der Waals surface area contributed by atoms with Crippen LogP contribution in [0.15, 0.2) is 84.6 Å². The summed E-state index contributed by atoms with van der Waals surface area (Å²) in [6, 6.07) is 16.8. The third kappa shape index (κ3) is 7.19. The van der Waals surface area contributed by atoms with E-state index in [1.165, 1.54) is 22.5 Å². The van der Waals surface area contributed by atoms with Gasteiger partial charge in [-0.05, 0) is 71.1 Å². The SMILES string of the molecule is CC[N+]1=C(/C=C/C=C/C=C2/N(CCCCS(=O)(=O)[O-])c3ccccc3C2(C)CCCCC(=O)O)C(C)(C)c2ccccc21. The Morgan fingerprint density at radius 2 is 1.65 bits per heavy atom. The molecule has 0 radical (unpaired) electrons. The zero-order chi connectivity index (χ0) is 31.3. The molecule has 2 aromatic rings. The molecular formula is C35H44N2O5S. The molecule has 0 aromatic heterocycles. The summed E-state index contributed by atoms with van der Waals surface area (Å²) < 4.78 is 35.9. The number of carbonyl (C=O) groups is 1. The van der Waals surface area contributed by atoms with Crippen LogP contribution in [-0.4, -0.2) is 53.2 Å². The van der Waals surface area contributed by atoms with E-state index in [1.54, 1.807) is 0 Å². The average molecular weight is 605 g/mol. The second-order valence-electron chi connectivity index (χ2n) is 12.1. The number of fused-ring (bicyclic) bond motifs is 2. The second-order valence-corrected chi connectivity index (χ2v) is 13.7. The summed E-state index contributed by atoms with van der Waals surface area (Å²) in [5, 5.41) is 9.16. The Kier molecular flexibility index (Phi) is 10.1. The van der Waals surface area contributed by atoms with Gasteiger partial charge >= 0.3 is 5.97 Å². The number of hydrogen-bond acceptors (Lipinski definition) is 5. The topological polar surface area (TPSA) is 101 Å². The van der Waals surface area contributed by atoms with Crippen LogP contribution < -0.4 is 4.90 Å². The maximum absolute atomic E-state index is 11.2. The molecule has 0 fully saturated rings. The molecular weight excluding hydrogens is 560 g/mol. The van der Waals surface area contributed by atoms with Gasteiger partial charge in [0.2, 0.25) is 5.69 Å². The Morgan fingerprint density at radius 1 is 0.953 bits per heavy atom. The van der Waals surface area contributed by atoms with Gasteiger partial charge in [0.15, 0.2) is 5.71 Å². The van der Waals surface area contributed by atoms with E-state index >= 15 is 0 Å². The van der Waals surface area contributed by atoms with Gasteiger partial charge in [-0.3, -0.25) is 4.79 Å². The lowest BCUT2D eigenvalue weighted by Crippen LogP contribution is -2.29. The van der Waals surface area contributed by atoms with E-state index < -0.39 is 16.1 Å². The van der Waals surface area contributed by atoms with E-state index in [4.69, 9.17) is 5.11 Å². The molecule has 0 saturated carbocycles. The van der Waals surface area contributed by atoms with Gasteiger partial charge in [0.1, 0.15) is 6.54 Å². The summed E-state index contributed by atoms with van der Waals surface area (Å²) in [5.41, 5.74) is 6.73. The summed E-state index contributed by atoms with van der Waals surface area (Å²) >= 11 is 0. The molecule has 4 rings (SSSR count). The molecule has 0 bridgehead atoms. The summed E-state index contributed by atoms with van der Waals surface area (Å²) in [6.07, 6.45) is 13.7. The lowest BCUT2D eigenvalue weighted by molar-refractivity contribution is -0.433. The number of carboxylic acid groups (broad SMARTS) is 1. The fraction of sp³-hybridized carbons (Fsp3) is 0.429. The van der Waals surface area contributed by atoms with Crippen LogP contribution in [0.4, 0.5) is 11.4 Å². The van der Waals surface area contributed by atoms with E-state index in [2.05, 4.69) is 91.8 Å². The number of aliphatic carboxylic acids is 1. The molecule has 7 nitrogen and oxygen atoms in total. The number of nitrogens with zero attached hydrogens (tertiary/aromatic N) is 2. The number of benzene rings is 2. The first-order chi connectivity index (χ1) is 20.4. The molecule has 1 N–H and O–H groups in total. The maximum atomic E-state index is 11.2. The Bertz CT molecular complexity index is 1570. The highest BCUT2D eigenvalue weighted by molar-refractivity contribution is 7.85. The summed E-state index contributed by atoms with van der Waals surface area (Å²) in [7, 11) is -4.25. The van der Waals surface area contributed by atoms with E-state index in [1.807, 2.05) is 24.3 Å². The normalized spacial score (nSPS) is 20.5. The van der Waals surface area contributed by atoms with E-state index in [-0.39, 0.29) is 23.0 Å². The van der Waals surface area contributed by atoms with Gasteiger partial charge in [0, 0.05) is 53.2 Å². The number of rotatable bonds is 14. The van der Waals surface area contributed by atoms with Gasteiger partial charge in [0.25, 0.3) is 0 Å². The van der Waals surface area contributed by atoms with E-state index in [9.17, 15) is 17.8 Å². The molecule has 8 heteroatoms. The minimum Gasteiger partial charge on any atom is -0.748 e. The first-order valence-electron chi connectivity index (χ1n) is 15.2. The molecule has 0 aliphatic carbocycles. The van der Waals surface area contributed by atoms with Gasteiger partial charge in [-0.15, -0.1) is 0 Å². The molecule has 2 aliphatic heterocycles. The van der Waals surface area contributed by atoms with Crippen molar-refractivity contribution >= 4 is 33.2 Å². The molecule has 1 atom stereocenters. The highest BCUT2D eigenvalue weighted by atomic mass is 32.2. The minimum atomic E-state index is -4.25. The van der Waals surface area contributed by atoms with Crippen LogP contribution in [0.2, 0.25) is 0 Å². The molecule has 2 heterocycles. The van der Waals surface area contributed by atoms with Crippen molar-refractivity contribution in [1.82, 2.24) is 0 Å². The fourth-order valence-electron chi connectivity index (χ4n) is 6.66. The summed E-state index contributed by atoms with van der Waals surface area (Å²) in [5.74, 6) is -1.16. The largest absolute Gasteiger partial charge is 0.748 e. The first-order valence-corrected chi connectivity index (χ1v) is 16.8. The van der Waals surface area contributed by atoms with Crippen molar-refractivity contribution in [2.24, 2.45) is 0 Å². The van der Waals surface area contributed by atoms with Crippen LogP contribution in [-0.2, 0) is 25.7 Å². The fourth-order valence-corrected chi connectivity index (χ4v) is 7.22. The predicted octanol–water partition coefficient (Wildman–Crippen LogP) is 6.83. The third-order valence-electron chi connectivity index (χ3n) is 8.83. The summed E-state index contributed by atoms with van der Waals surface area (Å²) in [6.45, 7) is 10.4. The van der Waals surface area contributed by atoms with Crippen molar-refractivity contribution < 1.29 is 27.4 Å². The summed E-state index contributed by atoms with van der Waals surface area (Å²) in [4.78, 5) is 13.4. The number of para-hydroxylation sites is 2. The first kappa shape index (κ1) is 32.4. The quantitative estimate of drug-likeness (QED) is 0.110. The number of anilines is 1. The van der Waals surface area contributed by atoms with Crippen LogP contribution in [0.25, 0.3) is 0 Å². The lowest BCUT2D eigenvalue weighted by Gasteiger charge is -2.30. The molecule has 0 spiro atoms. The van der Waals surface area contributed by atoms with Gasteiger partial charge in [-0.25, -0.2) is 8.42 Å². The minimum absolute atomic E-state index is 0.106. The zero-order valence-corrected chi connectivity index (χ0v) is 26.6. The van der Waals surface area contributed by atoms with Gasteiger partial charge in [0.05, 0.1) is 15.5 Å². The van der Waals surface area contributed by atoms with Crippen LogP contribution in [0, 0.1) is 0 Å². The monoisotopic (exact) mass is 604 g/mol. The Labute approximate surface area is 256 Å². The Hall–Kier alpha value is -3.49. The maximum Gasteiger partial charge on any atom is 0.303 e. The standard InChI is InChI=1S/C35H44N2O5S/c1-5-36-29-19-11-9-17-27(29)34(2,3)31(36)21-7-6-8-22-32-35(4,24-14-13-23-33(38)39)28-18-10-12-20-30(28)37(32)25-15-16-26-43(40,41)42/h6-12,17-22H,5,13-16,23-26H2,1-4H3,(H-,38,39,40,41,42). The number of hydrogen-bond donors (Lipinski definition) is 1.